The van der Waals surface area contributed by atoms with Crippen molar-refractivity contribution in [2.75, 3.05) is 20.7 Å². The molecule has 3 rings (SSSR count). The van der Waals surface area contributed by atoms with Crippen LogP contribution in [-0.2, 0) is 16.6 Å². The number of carbonyl (C=O) groups is 1. The Morgan fingerprint density at radius 3 is 2.48 bits per heavy atom. The lowest BCUT2D eigenvalue weighted by Gasteiger charge is -2.16. The molecule has 0 saturated heterocycles. The minimum absolute atomic E-state index is 0.167. The second kappa shape index (κ2) is 9.76. The van der Waals surface area contributed by atoms with E-state index in [9.17, 15) is 13.2 Å². The lowest BCUT2D eigenvalue weighted by molar-refractivity contribution is 0.0997. The first kappa shape index (κ1) is 23.2. The number of rotatable bonds is 8. The highest BCUT2D eigenvalue weighted by Crippen LogP contribution is 2.23. The van der Waals surface area contributed by atoms with E-state index < -0.39 is 15.9 Å². The molecule has 0 fully saturated rings. The monoisotopic (exact) mass is 461 g/mol. The predicted molar refractivity (Wildman–Crippen MR) is 123 cm³/mol. The van der Waals surface area contributed by atoms with Gasteiger partial charge < -0.3 is 9.30 Å². The van der Waals surface area contributed by atoms with Crippen molar-refractivity contribution in [3.63, 3.8) is 0 Å². The lowest BCUT2D eigenvalue weighted by atomic mass is 10.2. The van der Waals surface area contributed by atoms with Crippen molar-refractivity contribution >= 4 is 37.5 Å². The highest BCUT2D eigenvalue weighted by molar-refractivity contribution is 7.89. The number of aryl methyl sites for hydroxylation is 1. The van der Waals surface area contributed by atoms with Gasteiger partial charge in [-0.25, -0.2) is 12.7 Å². The van der Waals surface area contributed by atoms with Gasteiger partial charge in [0.2, 0.25) is 10.0 Å². The Hall–Kier alpha value is -2.49. The molecule has 0 unspecified atom stereocenters. The summed E-state index contributed by atoms with van der Waals surface area (Å²) in [5.41, 5.74) is 1.32. The van der Waals surface area contributed by atoms with E-state index in [1.165, 1.54) is 39.9 Å². The van der Waals surface area contributed by atoms with Crippen molar-refractivity contribution in [2.24, 2.45) is 4.99 Å². The summed E-state index contributed by atoms with van der Waals surface area (Å²) < 4.78 is 34.9. The van der Waals surface area contributed by atoms with Crippen LogP contribution in [-0.4, -0.2) is 43.9 Å². The van der Waals surface area contributed by atoms with Crippen molar-refractivity contribution in [3.8, 4) is 5.75 Å². The van der Waals surface area contributed by atoms with Gasteiger partial charge in [0.25, 0.3) is 5.91 Å². The van der Waals surface area contributed by atoms with E-state index in [1.807, 2.05) is 36.6 Å². The highest BCUT2D eigenvalue weighted by atomic mass is 32.2. The molecule has 31 heavy (non-hydrogen) atoms. The standard InChI is InChI=1S/C22H27N3O4S2/c1-5-7-14-24(3)31(27,28)18-11-8-16(9-12-18)21(26)23-22-25(6-2)19-13-10-17(29-4)15-20(19)30-22/h8-13,15H,5-7,14H2,1-4H3. The summed E-state index contributed by atoms with van der Waals surface area (Å²) in [6.45, 7) is 5.14. The molecule has 1 heterocycles. The fraction of sp³-hybridized carbons (Fsp3) is 0.364. The van der Waals surface area contributed by atoms with Gasteiger partial charge in [0, 0.05) is 25.7 Å². The summed E-state index contributed by atoms with van der Waals surface area (Å²) in [6, 6.07) is 11.7. The molecule has 0 N–H and O–H groups in total. The normalized spacial score (nSPS) is 12.6. The van der Waals surface area contributed by atoms with Gasteiger partial charge in [-0.3, -0.25) is 4.79 Å². The summed E-state index contributed by atoms with van der Waals surface area (Å²) in [7, 11) is -0.387. The lowest BCUT2D eigenvalue weighted by Crippen LogP contribution is -2.27. The molecule has 9 heteroatoms. The van der Waals surface area contributed by atoms with Gasteiger partial charge in [0.1, 0.15) is 5.75 Å². The molecule has 3 aromatic rings. The fourth-order valence-corrected chi connectivity index (χ4v) is 5.50. The van der Waals surface area contributed by atoms with Crippen molar-refractivity contribution < 1.29 is 17.9 Å². The van der Waals surface area contributed by atoms with Gasteiger partial charge in [-0.05, 0) is 55.8 Å². The predicted octanol–water partition coefficient (Wildman–Crippen LogP) is 3.89. The first-order chi connectivity index (χ1) is 14.8. The minimum atomic E-state index is -3.57. The molecule has 7 nitrogen and oxygen atoms in total. The number of thiazole rings is 1. The number of hydrogen-bond acceptors (Lipinski definition) is 5. The summed E-state index contributed by atoms with van der Waals surface area (Å²) in [5.74, 6) is 0.333. The van der Waals surface area contributed by atoms with E-state index in [0.29, 0.717) is 23.5 Å². The van der Waals surface area contributed by atoms with Crippen molar-refractivity contribution in [1.82, 2.24) is 8.87 Å². The van der Waals surface area contributed by atoms with E-state index in [4.69, 9.17) is 4.74 Å². The second-order valence-corrected chi connectivity index (χ2v) is 10.1. The zero-order valence-electron chi connectivity index (χ0n) is 18.2. The number of methoxy groups -OCH3 is 1. The molecule has 0 bridgehead atoms. The molecule has 2 aromatic carbocycles. The van der Waals surface area contributed by atoms with Crippen LogP contribution in [0.5, 0.6) is 5.75 Å². The Morgan fingerprint density at radius 2 is 1.87 bits per heavy atom. The van der Waals surface area contributed by atoms with Crippen LogP contribution in [0.1, 0.15) is 37.0 Å². The Labute approximate surface area is 186 Å². The topological polar surface area (TPSA) is 81.0 Å². The van der Waals surface area contributed by atoms with Crippen molar-refractivity contribution in [1.29, 1.82) is 0 Å². The second-order valence-electron chi connectivity index (χ2n) is 7.08. The molecule has 0 radical (unpaired) electrons. The number of aromatic nitrogens is 1. The number of unbranched alkanes of at least 4 members (excludes halogenated alkanes) is 1. The first-order valence-corrected chi connectivity index (χ1v) is 12.4. The quantitative estimate of drug-likeness (QED) is 0.510. The minimum Gasteiger partial charge on any atom is -0.497 e. The number of carbonyl (C=O) groups excluding carboxylic acids is 1. The van der Waals surface area contributed by atoms with Crippen LogP contribution < -0.4 is 9.54 Å². The molecule has 0 aliphatic rings. The highest BCUT2D eigenvalue weighted by Gasteiger charge is 2.20. The number of hydrogen-bond donors (Lipinski definition) is 0. The third kappa shape index (κ3) is 4.89. The zero-order valence-corrected chi connectivity index (χ0v) is 19.8. The maximum absolute atomic E-state index is 12.8. The van der Waals surface area contributed by atoms with E-state index in [2.05, 4.69) is 4.99 Å². The van der Waals surface area contributed by atoms with E-state index >= 15 is 0 Å². The average molecular weight is 462 g/mol. The van der Waals surface area contributed by atoms with Crippen LogP contribution in [0.15, 0.2) is 52.4 Å². The molecular weight excluding hydrogens is 434 g/mol. The summed E-state index contributed by atoms with van der Waals surface area (Å²) in [5, 5.41) is 0. The van der Waals surface area contributed by atoms with Crippen LogP contribution in [0, 0.1) is 0 Å². The Bertz CT molecular complexity index is 1240. The summed E-state index contributed by atoms with van der Waals surface area (Å²) >= 11 is 1.41. The van der Waals surface area contributed by atoms with Gasteiger partial charge in [0.15, 0.2) is 4.80 Å². The van der Waals surface area contributed by atoms with Gasteiger partial charge >= 0.3 is 0 Å². The molecule has 0 aliphatic carbocycles. The van der Waals surface area contributed by atoms with Crippen LogP contribution in [0.2, 0.25) is 0 Å². The molecule has 166 valence electrons. The number of ether oxygens (including phenoxy) is 1. The maximum atomic E-state index is 12.8. The van der Waals surface area contributed by atoms with Crippen LogP contribution >= 0.6 is 11.3 Å². The van der Waals surface area contributed by atoms with Crippen molar-refractivity contribution in [3.05, 3.63) is 52.8 Å². The van der Waals surface area contributed by atoms with Crippen LogP contribution in [0.4, 0.5) is 0 Å². The molecule has 0 spiro atoms. The summed E-state index contributed by atoms with van der Waals surface area (Å²) in [6.07, 6.45) is 1.71. The molecule has 0 saturated carbocycles. The molecule has 0 aliphatic heterocycles. The van der Waals surface area contributed by atoms with Crippen LogP contribution in [0.25, 0.3) is 10.2 Å². The third-order valence-electron chi connectivity index (χ3n) is 5.04. The van der Waals surface area contributed by atoms with Crippen molar-refractivity contribution in [2.45, 2.75) is 38.1 Å². The van der Waals surface area contributed by atoms with Gasteiger partial charge in [0.05, 0.1) is 22.2 Å². The smallest absolute Gasteiger partial charge is 0.279 e. The van der Waals surface area contributed by atoms with Gasteiger partial charge in [-0.1, -0.05) is 24.7 Å². The third-order valence-corrected chi connectivity index (χ3v) is 7.95. The van der Waals surface area contributed by atoms with Gasteiger partial charge in [-0.2, -0.15) is 4.99 Å². The fourth-order valence-electron chi connectivity index (χ4n) is 3.17. The average Bonchev–Trinajstić information content (AvgIpc) is 3.13. The summed E-state index contributed by atoms with van der Waals surface area (Å²) in [4.78, 5) is 17.8. The molecule has 0 atom stereocenters. The molecular formula is C22H27N3O4S2. The largest absolute Gasteiger partial charge is 0.497 e. The molecule has 1 amide bonds. The number of sulfonamides is 1. The number of benzene rings is 2. The SMILES string of the molecule is CCCCN(C)S(=O)(=O)c1ccc(C(=O)N=c2sc3cc(OC)ccc3n2CC)cc1. The van der Waals surface area contributed by atoms with E-state index in [-0.39, 0.29) is 4.90 Å². The Morgan fingerprint density at radius 1 is 1.16 bits per heavy atom. The Kier molecular flexibility index (Phi) is 7.30. The molecule has 1 aromatic heterocycles. The number of fused-ring (bicyclic) bond motifs is 1. The zero-order chi connectivity index (χ0) is 22.6. The van der Waals surface area contributed by atoms with E-state index in [0.717, 1.165) is 28.8 Å². The number of amides is 1. The van der Waals surface area contributed by atoms with Crippen LogP contribution in [0.3, 0.4) is 0 Å². The maximum Gasteiger partial charge on any atom is 0.279 e. The van der Waals surface area contributed by atoms with E-state index in [1.54, 1.807) is 14.2 Å². The number of nitrogens with zero attached hydrogens (tertiary/aromatic N) is 3. The first-order valence-electron chi connectivity index (χ1n) is 10.1. The Balaban J connectivity index is 1.91. The van der Waals surface area contributed by atoms with Gasteiger partial charge in [-0.15, -0.1) is 0 Å².